The molecule has 0 saturated heterocycles. The van der Waals surface area contributed by atoms with E-state index in [1.54, 1.807) is 4.68 Å². The number of nitrogens with two attached hydrogens (primary N) is 1. The van der Waals surface area contributed by atoms with Crippen molar-refractivity contribution in [3.8, 4) is 5.88 Å². The van der Waals surface area contributed by atoms with E-state index in [-0.39, 0.29) is 11.0 Å². The number of amides is 2. The quantitative estimate of drug-likeness (QED) is 0.785. The number of aryl methyl sites for hydroxylation is 3. The SMILES string of the molecule is C[C@@H]1CCn2ncc([S@@](N)(=O)=NC(=O)Nc3c4c(cc5c3CCC5)CCC4)c2O1. The van der Waals surface area contributed by atoms with E-state index in [4.69, 9.17) is 9.88 Å². The Bertz CT molecular complexity index is 1100. The summed E-state index contributed by atoms with van der Waals surface area (Å²) in [5.74, 6) is 0.342. The first kappa shape index (κ1) is 18.6. The van der Waals surface area contributed by atoms with Crippen LogP contribution in [0.15, 0.2) is 21.5 Å². The number of ether oxygens (including phenoxy) is 1. The Kier molecular flexibility index (Phi) is 4.40. The molecule has 2 aromatic rings. The number of carbonyl (C=O) groups excluding carboxylic acids is 1. The first-order valence-corrected chi connectivity index (χ1v) is 11.7. The van der Waals surface area contributed by atoms with Gasteiger partial charge < -0.3 is 10.1 Å². The summed E-state index contributed by atoms with van der Waals surface area (Å²) >= 11 is 0. The molecule has 2 aliphatic carbocycles. The Labute approximate surface area is 170 Å². The average Bonchev–Trinajstić information content (AvgIpc) is 3.39. The fourth-order valence-corrected chi connectivity index (χ4v) is 5.65. The van der Waals surface area contributed by atoms with Crippen molar-refractivity contribution in [2.45, 2.75) is 69.4 Å². The second-order valence-corrected chi connectivity index (χ2v) is 9.84. The number of aromatic nitrogens is 2. The number of benzene rings is 1. The lowest BCUT2D eigenvalue weighted by Gasteiger charge is -2.22. The smallest absolute Gasteiger partial charge is 0.354 e. The van der Waals surface area contributed by atoms with Crippen molar-refractivity contribution in [1.82, 2.24) is 9.78 Å². The summed E-state index contributed by atoms with van der Waals surface area (Å²) in [7, 11) is -3.47. The lowest BCUT2D eigenvalue weighted by molar-refractivity contribution is 0.144. The number of fused-ring (bicyclic) bond motifs is 3. The maximum Gasteiger partial charge on any atom is 0.354 e. The largest absolute Gasteiger partial charge is 0.474 e. The van der Waals surface area contributed by atoms with Crippen molar-refractivity contribution in [2.24, 2.45) is 9.50 Å². The maximum atomic E-state index is 13.1. The van der Waals surface area contributed by atoms with Crippen LogP contribution in [0, 0.1) is 0 Å². The van der Waals surface area contributed by atoms with E-state index in [9.17, 15) is 9.00 Å². The van der Waals surface area contributed by atoms with Gasteiger partial charge in [0.25, 0.3) is 0 Å². The molecular formula is C20H25N5O3S. The highest BCUT2D eigenvalue weighted by Gasteiger charge is 2.28. The van der Waals surface area contributed by atoms with E-state index in [0.717, 1.165) is 50.6 Å². The molecule has 1 aliphatic heterocycles. The number of carbonyl (C=O) groups is 1. The summed E-state index contributed by atoms with van der Waals surface area (Å²) in [4.78, 5) is 12.9. The molecule has 3 aliphatic rings. The Morgan fingerprint density at radius 2 is 1.97 bits per heavy atom. The Morgan fingerprint density at radius 3 is 2.66 bits per heavy atom. The number of rotatable bonds is 2. The average molecular weight is 416 g/mol. The molecule has 1 aromatic heterocycles. The molecule has 2 atom stereocenters. The van der Waals surface area contributed by atoms with Crippen LogP contribution in [0.2, 0.25) is 0 Å². The predicted molar refractivity (Wildman–Crippen MR) is 109 cm³/mol. The van der Waals surface area contributed by atoms with Crippen LogP contribution in [0.25, 0.3) is 0 Å². The molecular weight excluding hydrogens is 390 g/mol. The van der Waals surface area contributed by atoms with Crippen LogP contribution in [-0.2, 0) is 42.1 Å². The highest BCUT2D eigenvalue weighted by Crippen LogP contribution is 2.38. The van der Waals surface area contributed by atoms with E-state index in [2.05, 4.69) is 20.8 Å². The minimum Gasteiger partial charge on any atom is -0.474 e. The number of nitrogens with one attached hydrogen (secondary N) is 1. The predicted octanol–water partition coefficient (Wildman–Crippen LogP) is 2.96. The number of urea groups is 1. The third-order valence-corrected chi connectivity index (χ3v) is 7.41. The minimum absolute atomic E-state index is 0.0310. The number of anilines is 1. The first-order chi connectivity index (χ1) is 13.9. The van der Waals surface area contributed by atoms with E-state index in [1.807, 2.05) is 6.92 Å². The molecule has 29 heavy (non-hydrogen) atoms. The van der Waals surface area contributed by atoms with Gasteiger partial charge in [0.1, 0.15) is 4.90 Å². The van der Waals surface area contributed by atoms with Crippen LogP contribution < -0.4 is 15.2 Å². The molecule has 0 fully saturated rings. The van der Waals surface area contributed by atoms with Crippen LogP contribution in [0.4, 0.5) is 10.5 Å². The molecule has 3 N–H and O–H groups in total. The molecule has 1 aromatic carbocycles. The van der Waals surface area contributed by atoms with E-state index in [1.165, 1.54) is 28.5 Å². The number of hydrogen-bond donors (Lipinski definition) is 2. The van der Waals surface area contributed by atoms with Gasteiger partial charge >= 0.3 is 6.03 Å². The molecule has 154 valence electrons. The fraction of sp³-hybridized carbons (Fsp3) is 0.500. The van der Waals surface area contributed by atoms with Gasteiger partial charge in [0.15, 0.2) is 9.92 Å². The lowest BCUT2D eigenvalue weighted by atomic mass is 9.99. The van der Waals surface area contributed by atoms with Crippen LogP contribution >= 0.6 is 0 Å². The maximum absolute atomic E-state index is 13.1. The normalized spacial score (nSPS) is 21.5. The van der Waals surface area contributed by atoms with Crippen molar-refractivity contribution in [3.63, 3.8) is 0 Å². The topological polar surface area (TPSA) is 112 Å². The number of nitrogens with zero attached hydrogens (tertiary/aromatic N) is 3. The van der Waals surface area contributed by atoms with Gasteiger partial charge in [-0.05, 0) is 67.7 Å². The monoisotopic (exact) mass is 415 g/mol. The van der Waals surface area contributed by atoms with Gasteiger partial charge in [-0.15, -0.1) is 4.36 Å². The Morgan fingerprint density at radius 1 is 1.28 bits per heavy atom. The molecule has 2 amide bonds. The summed E-state index contributed by atoms with van der Waals surface area (Å²) in [6.45, 7) is 2.58. The molecule has 0 bridgehead atoms. The van der Waals surface area contributed by atoms with Gasteiger partial charge in [-0.1, -0.05) is 6.07 Å². The van der Waals surface area contributed by atoms with E-state index >= 15 is 0 Å². The summed E-state index contributed by atoms with van der Waals surface area (Å²) in [5.41, 5.74) is 5.86. The van der Waals surface area contributed by atoms with Crippen LogP contribution in [-0.4, -0.2) is 26.1 Å². The van der Waals surface area contributed by atoms with Crippen molar-refractivity contribution in [2.75, 3.05) is 5.32 Å². The molecule has 0 saturated carbocycles. The van der Waals surface area contributed by atoms with Crippen molar-refractivity contribution in [1.29, 1.82) is 0 Å². The van der Waals surface area contributed by atoms with Crippen molar-refractivity contribution < 1.29 is 13.7 Å². The van der Waals surface area contributed by atoms with Gasteiger partial charge in [-0.25, -0.2) is 18.8 Å². The zero-order valence-corrected chi connectivity index (χ0v) is 17.3. The molecule has 8 nitrogen and oxygen atoms in total. The van der Waals surface area contributed by atoms with Crippen molar-refractivity contribution >= 4 is 21.6 Å². The fourth-order valence-electron chi connectivity index (χ4n) is 4.66. The van der Waals surface area contributed by atoms with Gasteiger partial charge in [-0.2, -0.15) is 5.10 Å². The molecule has 2 heterocycles. The Hall–Kier alpha value is -2.39. The van der Waals surface area contributed by atoms with Crippen molar-refractivity contribution in [3.05, 3.63) is 34.5 Å². The third-order valence-electron chi connectivity index (χ3n) is 6.06. The summed E-state index contributed by atoms with van der Waals surface area (Å²) < 4.78 is 24.3. The standard InChI is InChI=1S/C20H25N5O3S/c1-12-8-9-25-19(28-12)17(11-22-25)29(21,27)24-20(26)23-18-15-6-2-4-13(15)10-14-5-3-7-16(14)18/h10-12H,2-9H2,1H3,(H3,21,23,24,26,27)/t12-,29+/m1/s1. The third kappa shape index (κ3) is 3.22. The second kappa shape index (κ2) is 6.84. The summed E-state index contributed by atoms with van der Waals surface area (Å²) in [5, 5.41) is 13.1. The molecule has 9 heteroatoms. The molecule has 5 rings (SSSR count). The lowest BCUT2D eigenvalue weighted by Crippen LogP contribution is -2.25. The zero-order chi connectivity index (χ0) is 20.2. The molecule has 0 unspecified atom stereocenters. The van der Waals surface area contributed by atoms with Gasteiger partial charge in [0, 0.05) is 18.7 Å². The van der Waals surface area contributed by atoms with Crippen LogP contribution in [0.1, 0.15) is 48.4 Å². The summed E-state index contributed by atoms with van der Waals surface area (Å²) in [6.07, 6.45) is 8.30. The van der Waals surface area contributed by atoms with Gasteiger partial charge in [0.05, 0.1) is 12.3 Å². The van der Waals surface area contributed by atoms with Crippen LogP contribution in [0.3, 0.4) is 0 Å². The van der Waals surface area contributed by atoms with Gasteiger partial charge in [0.2, 0.25) is 5.88 Å². The highest BCUT2D eigenvalue weighted by atomic mass is 32.2. The second-order valence-electron chi connectivity index (χ2n) is 8.08. The van der Waals surface area contributed by atoms with Gasteiger partial charge in [-0.3, -0.25) is 0 Å². The minimum atomic E-state index is -3.47. The van der Waals surface area contributed by atoms with Crippen LogP contribution in [0.5, 0.6) is 5.88 Å². The van der Waals surface area contributed by atoms with E-state index in [0.29, 0.717) is 12.4 Å². The summed E-state index contributed by atoms with van der Waals surface area (Å²) in [6, 6.07) is 1.61. The zero-order valence-electron chi connectivity index (χ0n) is 16.4. The molecule has 0 spiro atoms. The number of hydrogen-bond acceptors (Lipinski definition) is 4. The highest BCUT2D eigenvalue weighted by molar-refractivity contribution is 7.91. The van der Waals surface area contributed by atoms with E-state index < -0.39 is 15.9 Å². The first-order valence-electron chi connectivity index (χ1n) is 10.2. The molecule has 0 radical (unpaired) electrons. The Balaban J connectivity index is 1.48.